The van der Waals surface area contributed by atoms with E-state index in [1.165, 1.54) is 31.5 Å². The zero-order chi connectivity index (χ0) is 18.9. The Morgan fingerprint density at radius 1 is 1.26 bits per heavy atom. The molecule has 2 atom stereocenters. The van der Waals surface area contributed by atoms with Gasteiger partial charge in [-0.3, -0.25) is 4.99 Å². The highest BCUT2D eigenvalue weighted by Crippen LogP contribution is 2.17. The number of guanidine groups is 1. The molecule has 0 aliphatic carbocycles. The average molecular weight is 492 g/mol. The molecule has 1 fully saturated rings. The summed E-state index contributed by atoms with van der Waals surface area (Å²) in [4.78, 5) is 6.84. The maximum Gasteiger partial charge on any atom is 0.191 e. The first kappa shape index (κ1) is 23.9. The predicted molar refractivity (Wildman–Crippen MR) is 121 cm³/mol. The SMILES string of the molecule is CN=C(NCC1CCCN(C(C)C)C1)NCC(C)Oc1ccc(F)cc1.I. The average Bonchev–Trinajstić information content (AvgIpc) is 2.64. The molecule has 1 saturated heterocycles. The maximum absolute atomic E-state index is 12.9. The Morgan fingerprint density at radius 2 is 1.96 bits per heavy atom. The lowest BCUT2D eigenvalue weighted by atomic mass is 9.97. The van der Waals surface area contributed by atoms with Gasteiger partial charge in [-0.05, 0) is 70.3 Å². The second-order valence-corrected chi connectivity index (χ2v) is 7.31. The van der Waals surface area contributed by atoms with E-state index in [0.29, 0.717) is 24.3 Å². The molecule has 7 heteroatoms. The highest BCUT2D eigenvalue weighted by atomic mass is 127. The molecule has 154 valence electrons. The molecule has 1 aliphatic heterocycles. The first-order valence-corrected chi connectivity index (χ1v) is 9.58. The molecule has 1 aliphatic rings. The van der Waals surface area contributed by atoms with Crippen LogP contribution in [0.5, 0.6) is 5.75 Å². The first-order valence-electron chi connectivity index (χ1n) is 9.58. The Labute approximate surface area is 180 Å². The van der Waals surface area contributed by atoms with E-state index < -0.39 is 0 Å². The van der Waals surface area contributed by atoms with Crippen molar-refractivity contribution in [2.75, 3.05) is 33.2 Å². The number of benzene rings is 1. The molecule has 1 heterocycles. The van der Waals surface area contributed by atoms with E-state index in [-0.39, 0.29) is 35.9 Å². The molecule has 0 saturated carbocycles. The molecular formula is C20H34FIN4O. The van der Waals surface area contributed by atoms with Crippen LogP contribution in [0.15, 0.2) is 29.3 Å². The number of ether oxygens (including phenoxy) is 1. The van der Waals surface area contributed by atoms with Gasteiger partial charge in [-0.2, -0.15) is 0 Å². The van der Waals surface area contributed by atoms with Crippen molar-refractivity contribution in [3.8, 4) is 5.75 Å². The quantitative estimate of drug-likeness (QED) is 0.348. The van der Waals surface area contributed by atoms with Gasteiger partial charge in [0.25, 0.3) is 0 Å². The van der Waals surface area contributed by atoms with Crippen molar-refractivity contribution in [1.29, 1.82) is 0 Å². The van der Waals surface area contributed by atoms with E-state index in [1.807, 2.05) is 6.92 Å². The van der Waals surface area contributed by atoms with Crippen LogP contribution in [-0.2, 0) is 0 Å². The lowest BCUT2D eigenvalue weighted by molar-refractivity contribution is 0.141. The Kier molecular flexibility index (Phi) is 11.0. The van der Waals surface area contributed by atoms with Gasteiger partial charge in [0.2, 0.25) is 0 Å². The third-order valence-electron chi connectivity index (χ3n) is 4.77. The molecule has 0 aromatic heterocycles. The lowest BCUT2D eigenvalue weighted by Gasteiger charge is -2.35. The van der Waals surface area contributed by atoms with Crippen molar-refractivity contribution >= 4 is 29.9 Å². The number of rotatable bonds is 7. The summed E-state index contributed by atoms with van der Waals surface area (Å²) < 4.78 is 18.7. The van der Waals surface area contributed by atoms with Gasteiger partial charge in [0.15, 0.2) is 5.96 Å². The molecule has 1 aromatic rings. The van der Waals surface area contributed by atoms with E-state index in [9.17, 15) is 4.39 Å². The summed E-state index contributed by atoms with van der Waals surface area (Å²) >= 11 is 0. The summed E-state index contributed by atoms with van der Waals surface area (Å²) in [5.41, 5.74) is 0. The minimum atomic E-state index is -0.258. The van der Waals surface area contributed by atoms with E-state index in [1.54, 1.807) is 19.2 Å². The van der Waals surface area contributed by atoms with Gasteiger partial charge in [-0.1, -0.05) is 0 Å². The van der Waals surface area contributed by atoms with Crippen molar-refractivity contribution in [3.63, 3.8) is 0 Å². The van der Waals surface area contributed by atoms with Gasteiger partial charge in [0, 0.05) is 26.2 Å². The molecule has 2 unspecified atom stereocenters. The highest BCUT2D eigenvalue weighted by molar-refractivity contribution is 14.0. The Hall–Kier alpha value is -1.09. The van der Waals surface area contributed by atoms with Crippen LogP contribution in [0.4, 0.5) is 4.39 Å². The van der Waals surface area contributed by atoms with Crippen LogP contribution in [-0.4, -0.2) is 56.2 Å². The summed E-state index contributed by atoms with van der Waals surface area (Å²) in [5.74, 6) is 1.85. The predicted octanol–water partition coefficient (Wildman–Crippen LogP) is 3.50. The van der Waals surface area contributed by atoms with E-state index >= 15 is 0 Å². The van der Waals surface area contributed by atoms with Crippen LogP contribution in [0.1, 0.15) is 33.6 Å². The van der Waals surface area contributed by atoms with E-state index in [4.69, 9.17) is 4.74 Å². The third kappa shape index (κ3) is 8.64. The highest BCUT2D eigenvalue weighted by Gasteiger charge is 2.21. The van der Waals surface area contributed by atoms with Gasteiger partial charge in [0.05, 0.1) is 6.54 Å². The number of aliphatic imine (C=N–C) groups is 1. The fraction of sp³-hybridized carbons (Fsp3) is 0.650. The van der Waals surface area contributed by atoms with Gasteiger partial charge in [-0.25, -0.2) is 4.39 Å². The number of nitrogens with one attached hydrogen (secondary N) is 2. The second-order valence-electron chi connectivity index (χ2n) is 7.31. The fourth-order valence-corrected chi connectivity index (χ4v) is 3.22. The van der Waals surface area contributed by atoms with Crippen LogP contribution in [0, 0.1) is 11.7 Å². The Morgan fingerprint density at radius 3 is 2.59 bits per heavy atom. The summed E-state index contributed by atoms with van der Waals surface area (Å²) in [6, 6.07) is 6.70. The zero-order valence-corrected chi connectivity index (χ0v) is 19.2. The lowest BCUT2D eigenvalue weighted by Crippen LogP contribution is -2.47. The largest absolute Gasteiger partial charge is 0.489 e. The second kappa shape index (κ2) is 12.4. The number of hydrogen-bond acceptors (Lipinski definition) is 3. The molecule has 0 amide bonds. The maximum atomic E-state index is 12.9. The minimum absolute atomic E-state index is 0. The Bertz CT molecular complexity index is 568. The normalized spacial score (nSPS) is 19.3. The molecule has 2 rings (SSSR count). The third-order valence-corrected chi connectivity index (χ3v) is 4.77. The van der Waals surface area contributed by atoms with Crippen LogP contribution in [0.3, 0.4) is 0 Å². The van der Waals surface area contributed by atoms with Gasteiger partial charge in [-0.15, -0.1) is 24.0 Å². The molecule has 5 nitrogen and oxygen atoms in total. The van der Waals surface area contributed by atoms with Crippen molar-refractivity contribution in [2.24, 2.45) is 10.9 Å². The fourth-order valence-electron chi connectivity index (χ4n) is 3.22. The Balaban J connectivity index is 0.00000364. The number of nitrogens with zero attached hydrogens (tertiary/aromatic N) is 2. The summed E-state index contributed by atoms with van der Waals surface area (Å²) in [6.45, 7) is 10.4. The minimum Gasteiger partial charge on any atom is -0.489 e. The van der Waals surface area contributed by atoms with Gasteiger partial charge in [0.1, 0.15) is 17.7 Å². The zero-order valence-electron chi connectivity index (χ0n) is 16.9. The molecule has 0 radical (unpaired) electrons. The van der Waals surface area contributed by atoms with Crippen molar-refractivity contribution in [3.05, 3.63) is 30.1 Å². The summed E-state index contributed by atoms with van der Waals surface area (Å²) in [6.07, 6.45) is 2.47. The van der Waals surface area contributed by atoms with Gasteiger partial charge < -0.3 is 20.3 Å². The summed E-state index contributed by atoms with van der Waals surface area (Å²) in [7, 11) is 1.78. The van der Waals surface area contributed by atoms with Gasteiger partial charge >= 0.3 is 0 Å². The number of likely N-dealkylation sites (tertiary alicyclic amines) is 1. The first-order chi connectivity index (χ1) is 12.5. The molecule has 1 aromatic carbocycles. The number of hydrogen-bond donors (Lipinski definition) is 2. The van der Waals surface area contributed by atoms with Crippen LogP contribution in [0.25, 0.3) is 0 Å². The van der Waals surface area contributed by atoms with E-state index in [2.05, 4.69) is 34.4 Å². The summed E-state index contributed by atoms with van der Waals surface area (Å²) in [5, 5.41) is 6.73. The van der Waals surface area contributed by atoms with Crippen molar-refractivity contribution < 1.29 is 9.13 Å². The van der Waals surface area contributed by atoms with Crippen LogP contribution in [0.2, 0.25) is 0 Å². The van der Waals surface area contributed by atoms with E-state index in [0.717, 1.165) is 19.0 Å². The standard InChI is InChI=1S/C20H33FN4O.HI/c1-15(2)25-11-5-6-17(14-25)13-24-20(22-4)23-12-16(3)26-19-9-7-18(21)8-10-19;/h7-10,15-17H,5-6,11-14H2,1-4H3,(H2,22,23,24);1H. The molecule has 27 heavy (non-hydrogen) atoms. The number of halogens is 2. The monoisotopic (exact) mass is 492 g/mol. The molecule has 0 bridgehead atoms. The van der Waals surface area contributed by atoms with Crippen LogP contribution < -0.4 is 15.4 Å². The van der Waals surface area contributed by atoms with Crippen molar-refractivity contribution in [2.45, 2.75) is 45.8 Å². The molecular weight excluding hydrogens is 458 g/mol. The molecule has 2 N–H and O–H groups in total. The smallest absolute Gasteiger partial charge is 0.191 e. The van der Waals surface area contributed by atoms with Crippen LogP contribution >= 0.6 is 24.0 Å². The number of piperidine rings is 1. The molecule has 0 spiro atoms. The topological polar surface area (TPSA) is 48.9 Å². The van der Waals surface area contributed by atoms with Crippen molar-refractivity contribution in [1.82, 2.24) is 15.5 Å².